The number of carbonyl (C=O) groups is 1. The highest BCUT2D eigenvalue weighted by atomic mass is 35.5. The monoisotopic (exact) mass is 385 g/mol. The van der Waals surface area contributed by atoms with E-state index in [1.54, 1.807) is 12.1 Å². The van der Waals surface area contributed by atoms with Crippen LogP contribution in [-0.2, 0) is 32.7 Å². The number of rotatable bonds is 4. The van der Waals surface area contributed by atoms with Crippen molar-refractivity contribution in [2.75, 3.05) is 25.6 Å². The summed E-state index contributed by atoms with van der Waals surface area (Å²) in [5.41, 5.74) is 1.64. The minimum absolute atomic E-state index is 0.0135. The van der Waals surface area contributed by atoms with Crippen molar-refractivity contribution in [3.63, 3.8) is 0 Å². The molecule has 138 valence electrons. The van der Waals surface area contributed by atoms with Crippen LogP contribution in [0.15, 0.2) is 12.1 Å². The van der Waals surface area contributed by atoms with Gasteiger partial charge in [-0.1, -0.05) is 30.9 Å². The van der Waals surface area contributed by atoms with E-state index >= 15 is 0 Å². The van der Waals surface area contributed by atoms with Crippen LogP contribution in [-0.4, -0.2) is 40.7 Å². The summed E-state index contributed by atoms with van der Waals surface area (Å²) in [6.07, 6.45) is 5.65. The summed E-state index contributed by atoms with van der Waals surface area (Å²) < 4.78 is 23.4. The number of amides is 1. The molecule has 0 N–H and O–H groups in total. The number of halogens is 1. The van der Waals surface area contributed by atoms with E-state index in [0.29, 0.717) is 17.4 Å². The fourth-order valence-electron chi connectivity index (χ4n) is 3.31. The van der Waals surface area contributed by atoms with Crippen LogP contribution in [0.4, 0.5) is 0 Å². The minimum atomic E-state index is -1.29. The molecule has 1 saturated heterocycles. The summed E-state index contributed by atoms with van der Waals surface area (Å²) in [6, 6.07) is 3.57. The second-order valence-electron chi connectivity index (χ2n) is 6.54. The number of benzene rings is 1. The van der Waals surface area contributed by atoms with Gasteiger partial charge in [0, 0.05) is 40.0 Å². The summed E-state index contributed by atoms with van der Waals surface area (Å²) in [6.45, 7) is 2.18. The topological polar surface area (TPSA) is 55.8 Å². The van der Waals surface area contributed by atoms with Crippen LogP contribution < -0.4 is 4.74 Å². The van der Waals surface area contributed by atoms with E-state index in [-0.39, 0.29) is 24.2 Å². The second-order valence-corrected chi connectivity index (χ2v) is 8.43. The molecule has 25 heavy (non-hydrogen) atoms. The zero-order valence-corrected chi connectivity index (χ0v) is 15.9. The minimum Gasteiger partial charge on any atom is -0.467 e. The van der Waals surface area contributed by atoms with Crippen molar-refractivity contribution in [2.24, 2.45) is 0 Å². The largest absolute Gasteiger partial charge is 0.467 e. The Morgan fingerprint density at radius 2 is 1.88 bits per heavy atom. The molecule has 0 aliphatic carbocycles. The normalized spacial score (nSPS) is 19.3. The molecule has 1 aromatic carbocycles. The third-order valence-electron chi connectivity index (χ3n) is 4.56. The summed E-state index contributed by atoms with van der Waals surface area (Å²) >= 11 is 6.14. The van der Waals surface area contributed by atoms with Gasteiger partial charge in [0.25, 0.3) is 0 Å². The Kier molecular flexibility index (Phi) is 6.73. The van der Waals surface area contributed by atoms with Gasteiger partial charge in [0.05, 0.1) is 12.4 Å². The zero-order valence-electron chi connectivity index (χ0n) is 14.3. The first kappa shape index (κ1) is 18.7. The Bertz CT molecular complexity index is 644. The Labute approximate surface area is 156 Å². The molecule has 1 fully saturated rings. The molecule has 0 radical (unpaired) electrons. The summed E-state index contributed by atoms with van der Waals surface area (Å²) in [5.74, 6) is 1.00. The molecule has 0 spiro atoms. The smallest absolute Gasteiger partial charge is 0.235 e. The third-order valence-corrected chi connectivity index (χ3v) is 5.98. The van der Waals surface area contributed by atoms with Gasteiger partial charge in [-0.15, -0.1) is 0 Å². The molecule has 1 amide bonds. The number of likely N-dealkylation sites (tertiary alicyclic amines) is 1. The molecule has 3 rings (SSSR count). The predicted molar refractivity (Wildman–Crippen MR) is 98.1 cm³/mol. The SMILES string of the molecule is O=C(C[S@@](=O)Cc1cc(Cl)cc2c1OCOC2)N1CCCCCCC1. The van der Waals surface area contributed by atoms with Gasteiger partial charge in [-0.05, 0) is 25.0 Å². The second kappa shape index (κ2) is 9.01. The van der Waals surface area contributed by atoms with Crippen LogP contribution in [0.25, 0.3) is 0 Å². The summed E-state index contributed by atoms with van der Waals surface area (Å²) in [5, 5.41) is 0.565. The standard InChI is InChI=1S/C18H24ClNO4S/c19-16-8-14-10-23-13-24-18(14)15(9-16)11-25(22)12-17(21)20-6-4-2-1-3-5-7-20/h8-9H,1-7,10-13H2/t25-/m0/s1. The van der Waals surface area contributed by atoms with Crippen LogP contribution in [0, 0.1) is 0 Å². The Balaban J connectivity index is 1.62. The van der Waals surface area contributed by atoms with Crippen molar-refractivity contribution < 1.29 is 18.5 Å². The van der Waals surface area contributed by atoms with Crippen molar-refractivity contribution in [3.05, 3.63) is 28.3 Å². The first-order valence-corrected chi connectivity index (χ1v) is 10.6. The first-order valence-electron chi connectivity index (χ1n) is 8.78. The fourth-order valence-corrected chi connectivity index (χ4v) is 4.70. The maximum Gasteiger partial charge on any atom is 0.235 e. The van der Waals surface area contributed by atoms with Crippen LogP contribution in [0.1, 0.15) is 43.2 Å². The lowest BCUT2D eigenvalue weighted by Crippen LogP contribution is -2.37. The molecule has 0 aromatic heterocycles. The molecule has 0 saturated carbocycles. The molecule has 5 nitrogen and oxygen atoms in total. The van der Waals surface area contributed by atoms with Crippen LogP contribution >= 0.6 is 11.6 Å². The Morgan fingerprint density at radius 3 is 2.64 bits per heavy atom. The van der Waals surface area contributed by atoms with Crippen LogP contribution in [0.2, 0.25) is 5.02 Å². The highest BCUT2D eigenvalue weighted by Crippen LogP contribution is 2.32. The highest BCUT2D eigenvalue weighted by molar-refractivity contribution is 7.84. The molecule has 2 aliphatic rings. The van der Waals surface area contributed by atoms with Gasteiger partial charge in [0.1, 0.15) is 11.5 Å². The van der Waals surface area contributed by atoms with Crippen molar-refractivity contribution in [1.82, 2.24) is 4.90 Å². The van der Waals surface area contributed by atoms with Gasteiger partial charge in [-0.25, -0.2) is 0 Å². The highest BCUT2D eigenvalue weighted by Gasteiger charge is 2.21. The number of fused-ring (bicyclic) bond motifs is 1. The Hall–Kier alpha value is -1.11. The third kappa shape index (κ3) is 5.19. The zero-order chi connectivity index (χ0) is 17.6. The lowest BCUT2D eigenvalue weighted by atomic mass is 10.1. The van der Waals surface area contributed by atoms with Gasteiger partial charge in [0.15, 0.2) is 6.79 Å². The van der Waals surface area contributed by atoms with Crippen molar-refractivity contribution in [1.29, 1.82) is 0 Å². The number of nitrogens with zero attached hydrogens (tertiary/aromatic N) is 1. The number of ether oxygens (including phenoxy) is 2. The number of hydrogen-bond acceptors (Lipinski definition) is 4. The van der Waals surface area contributed by atoms with E-state index in [0.717, 1.165) is 37.1 Å². The van der Waals surface area contributed by atoms with Gasteiger partial charge in [-0.2, -0.15) is 0 Å². The molecule has 0 bridgehead atoms. The lowest BCUT2D eigenvalue weighted by molar-refractivity contribution is -0.128. The van der Waals surface area contributed by atoms with E-state index in [2.05, 4.69) is 0 Å². The van der Waals surface area contributed by atoms with Gasteiger partial charge in [0.2, 0.25) is 5.91 Å². The molecule has 2 heterocycles. The van der Waals surface area contributed by atoms with E-state index < -0.39 is 10.8 Å². The fraction of sp³-hybridized carbons (Fsp3) is 0.611. The molecule has 2 aliphatic heterocycles. The van der Waals surface area contributed by atoms with Gasteiger partial charge < -0.3 is 14.4 Å². The van der Waals surface area contributed by atoms with Gasteiger partial charge >= 0.3 is 0 Å². The lowest BCUT2D eigenvalue weighted by Gasteiger charge is -2.25. The first-order chi connectivity index (χ1) is 12.1. The van der Waals surface area contributed by atoms with Crippen LogP contribution in [0.5, 0.6) is 5.75 Å². The maximum atomic E-state index is 12.6. The Morgan fingerprint density at radius 1 is 1.16 bits per heavy atom. The van der Waals surface area contributed by atoms with E-state index in [1.165, 1.54) is 19.3 Å². The van der Waals surface area contributed by atoms with E-state index in [4.69, 9.17) is 21.1 Å². The molecule has 7 heteroatoms. The molecular weight excluding hydrogens is 362 g/mol. The number of carbonyl (C=O) groups excluding carboxylic acids is 1. The average molecular weight is 386 g/mol. The molecule has 0 unspecified atom stereocenters. The molecule has 1 aromatic rings. The van der Waals surface area contributed by atoms with Crippen molar-refractivity contribution in [3.8, 4) is 5.75 Å². The van der Waals surface area contributed by atoms with E-state index in [1.807, 2.05) is 4.90 Å². The molecule has 1 atom stereocenters. The average Bonchev–Trinajstić information content (AvgIpc) is 2.54. The maximum absolute atomic E-state index is 12.6. The van der Waals surface area contributed by atoms with E-state index in [9.17, 15) is 9.00 Å². The quantitative estimate of drug-likeness (QED) is 0.798. The predicted octanol–water partition coefficient (Wildman–Crippen LogP) is 3.25. The van der Waals surface area contributed by atoms with Crippen LogP contribution in [0.3, 0.4) is 0 Å². The van der Waals surface area contributed by atoms with Gasteiger partial charge in [-0.3, -0.25) is 9.00 Å². The summed E-state index contributed by atoms with van der Waals surface area (Å²) in [7, 11) is -1.29. The number of hydrogen-bond donors (Lipinski definition) is 0. The molecular formula is C18H24ClNO4S. The summed E-state index contributed by atoms with van der Waals surface area (Å²) in [4.78, 5) is 14.3. The van der Waals surface area contributed by atoms with Crippen molar-refractivity contribution in [2.45, 2.75) is 44.5 Å². The van der Waals surface area contributed by atoms with Crippen molar-refractivity contribution >= 4 is 28.3 Å².